The van der Waals surface area contributed by atoms with Crippen molar-refractivity contribution in [2.45, 2.75) is 18.9 Å². The molecule has 0 radical (unpaired) electrons. The Hall–Kier alpha value is -3.83. The zero-order valence-electron chi connectivity index (χ0n) is 19.2. The van der Waals surface area contributed by atoms with Crippen LogP contribution in [0.3, 0.4) is 0 Å². The van der Waals surface area contributed by atoms with Crippen LogP contribution in [0.1, 0.15) is 12.8 Å². The van der Waals surface area contributed by atoms with E-state index in [9.17, 15) is 13.5 Å². The van der Waals surface area contributed by atoms with Crippen LogP contribution in [0, 0.1) is 0 Å². The molecule has 182 valence electrons. The predicted octanol–water partition coefficient (Wildman–Crippen LogP) is 3.78. The van der Waals surface area contributed by atoms with Gasteiger partial charge in [0.1, 0.15) is 5.52 Å². The Morgan fingerprint density at radius 1 is 0.971 bits per heavy atom. The molecule has 2 aromatic carbocycles. The third-order valence-electron chi connectivity index (χ3n) is 5.83. The van der Waals surface area contributed by atoms with Crippen LogP contribution in [0.15, 0.2) is 60.8 Å². The summed E-state index contributed by atoms with van der Waals surface area (Å²) in [5.74, 6) is 0.913. The Balaban J connectivity index is 1.39. The van der Waals surface area contributed by atoms with Crippen LogP contribution in [0.25, 0.3) is 11.0 Å². The lowest BCUT2D eigenvalue weighted by Gasteiger charge is -2.31. The number of aliphatic hydroxyl groups excluding tert-OH is 1. The van der Waals surface area contributed by atoms with Gasteiger partial charge in [-0.1, -0.05) is 12.1 Å². The second-order valence-electron chi connectivity index (χ2n) is 8.57. The quantitative estimate of drug-likeness (QED) is 0.263. The molecule has 1 aliphatic rings. The van der Waals surface area contributed by atoms with Crippen LogP contribution in [0.5, 0.6) is 0 Å². The summed E-state index contributed by atoms with van der Waals surface area (Å²) in [5, 5.41) is 16.2. The molecule has 35 heavy (non-hydrogen) atoms. The van der Waals surface area contributed by atoms with E-state index in [0.717, 1.165) is 43.6 Å². The highest BCUT2D eigenvalue weighted by Gasteiger charge is 2.17. The molecule has 0 saturated carbocycles. The number of nitrogens with zero attached hydrogens (tertiary/aromatic N) is 3. The largest absolute Gasteiger partial charge is 0.393 e. The number of fused-ring (bicyclic) bond motifs is 1. The predicted molar refractivity (Wildman–Crippen MR) is 139 cm³/mol. The minimum absolute atomic E-state index is 0.204. The number of sulfonamides is 1. The van der Waals surface area contributed by atoms with Gasteiger partial charge >= 0.3 is 0 Å². The number of aromatic amines is 1. The summed E-state index contributed by atoms with van der Waals surface area (Å²) >= 11 is 0. The van der Waals surface area contributed by atoms with Crippen LogP contribution in [0.4, 0.5) is 34.5 Å². The van der Waals surface area contributed by atoms with Gasteiger partial charge in [0.05, 0.1) is 29.3 Å². The molecule has 0 bridgehead atoms. The molecule has 3 heterocycles. The Morgan fingerprint density at radius 3 is 2.40 bits per heavy atom. The van der Waals surface area contributed by atoms with Crippen molar-refractivity contribution < 1.29 is 13.5 Å². The fraction of sp³-hybridized carbons (Fsp3) is 0.250. The number of hydrogen-bond donors (Lipinski definition) is 5. The van der Waals surface area contributed by atoms with Crippen LogP contribution < -0.4 is 20.3 Å². The van der Waals surface area contributed by atoms with Crippen molar-refractivity contribution in [1.82, 2.24) is 15.0 Å². The van der Waals surface area contributed by atoms with Gasteiger partial charge in [-0.15, -0.1) is 0 Å². The van der Waals surface area contributed by atoms with Crippen LogP contribution >= 0.6 is 0 Å². The van der Waals surface area contributed by atoms with Gasteiger partial charge in [-0.2, -0.15) is 4.98 Å². The number of piperidine rings is 1. The Labute approximate surface area is 203 Å². The van der Waals surface area contributed by atoms with E-state index < -0.39 is 10.0 Å². The summed E-state index contributed by atoms with van der Waals surface area (Å²) in [5.41, 5.74) is 4.35. The first-order chi connectivity index (χ1) is 16.8. The maximum absolute atomic E-state index is 11.8. The summed E-state index contributed by atoms with van der Waals surface area (Å²) < 4.78 is 26.1. The van der Waals surface area contributed by atoms with Crippen molar-refractivity contribution >= 4 is 55.6 Å². The lowest BCUT2D eigenvalue weighted by Crippen LogP contribution is -2.35. The maximum Gasteiger partial charge on any atom is 0.229 e. The average molecular weight is 494 g/mol. The molecule has 0 unspecified atom stereocenters. The van der Waals surface area contributed by atoms with Gasteiger partial charge in [-0.05, 0) is 55.3 Å². The highest BCUT2D eigenvalue weighted by atomic mass is 32.2. The third-order valence-corrected chi connectivity index (χ3v) is 6.43. The van der Waals surface area contributed by atoms with E-state index >= 15 is 0 Å². The molecule has 5 N–H and O–H groups in total. The molecule has 2 aromatic heterocycles. The van der Waals surface area contributed by atoms with E-state index in [1.807, 2.05) is 36.4 Å². The summed E-state index contributed by atoms with van der Waals surface area (Å²) in [4.78, 5) is 14.6. The number of para-hydroxylation sites is 2. The Kier molecular flexibility index (Phi) is 6.18. The number of rotatable bonds is 7. The number of anilines is 6. The second kappa shape index (κ2) is 9.43. The van der Waals surface area contributed by atoms with Gasteiger partial charge in [-0.3, -0.25) is 4.72 Å². The van der Waals surface area contributed by atoms with E-state index in [4.69, 9.17) is 0 Å². The van der Waals surface area contributed by atoms with Crippen molar-refractivity contribution in [3.63, 3.8) is 0 Å². The summed E-state index contributed by atoms with van der Waals surface area (Å²) in [7, 11) is -3.45. The summed E-state index contributed by atoms with van der Waals surface area (Å²) in [6.07, 6.45) is 4.25. The lowest BCUT2D eigenvalue weighted by atomic mass is 10.1. The molecule has 11 heteroatoms. The molecular weight excluding hydrogens is 466 g/mol. The number of hydrogen-bond acceptors (Lipinski definition) is 8. The molecular formula is C24H27N7O3S. The molecule has 0 amide bonds. The number of H-pyrrole nitrogens is 1. The van der Waals surface area contributed by atoms with E-state index in [1.165, 1.54) is 0 Å². The van der Waals surface area contributed by atoms with Crippen LogP contribution in [-0.2, 0) is 10.0 Å². The first-order valence-corrected chi connectivity index (χ1v) is 13.2. The molecule has 1 saturated heterocycles. The van der Waals surface area contributed by atoms with E-state index in [0.29, 0.717) is 34.2 Å². The normalized spacial score (nSPS) is 14.7. The van der Waals surface area contributed by atoms with Crippen molar-refractivity contribution in [3.8, 4) is 0 Å². The maximum atomic E-state index is 11.8. The molecule has 0 atom stereocenters. The van der Waals surface area contributed by atoms with Gasteiger partial charge in [0.15, 0.2) is 5.82 Å². The zero-order chi connectivity index (χ0) is 24.4. The molecule has 5 rings (SSSR count). The minimum atomic E-state index is -3.45. The fourth-order valence-corrected chi connectivity index (χ4v) is 4.69. The molecule has 10 nitrogen and oxygen atoms in total. The van der Waals surface area contributed by atoms with Crippen molar-refractivity contribution in [3.05, 3.63) is 60.8 Å². The number of benzene rings is 2. The highest BCUT2D eigenvalue weighted by molar-refractivity contribution is 7.92. The van der Waals surface area contributed by atoms with Gasteiger partial charge < -0.3 is 25.6 Å². The van der Waals surface area contributed by atoms with E-state index in [-0.39, 0.29) is 6.10 Å². The minimum Gasteiger partial charge on any atom is -0.393 e. The topological polar surface area (TPSA) is 135 Å². The lowest BCUT2D eigenvalue weighted by molar-refractivity contribution is 0.145. The average Bonchev–Trinajstić information content (AvgIpc) is 3.30. The zero-order valence-corrected chi connectivity index (χ0v) is 20.0. The van der Waals surface area contributed by atoms with Crippen LogP contribution in [0.2, 0.25) is 0 Å². The second-order valence-corrected chi connectivity index (χ2v) is 10.3. The molecule has 1 aliphatic heterocycles. The fourth-order valence-electron chi connectivity index (χ4n) is 4.11. The van der Waals surface area contributed by atoms with Gasteiger partial charge in [0.2, 0.25) is 16.0 Å². The molecule has 1 fully saturated rings. The van der Waals surface area contributed by atoms with Crippen molar-refractivity contribution in [1.29, 1.82) is 0 Å². The summed E-state index contributed by atoms with van der Waals surface area (Å²) in [6, 6.07) is 16.9. The smallest absolute Gasteiger partial charge is 0.229 e. The molecule has 0 spiro atoms. The Bertz CT molecular complexity index is 1430. The van der Waals surface area contributed by atoms with E-state index in [1.54, 1.807) is 24.4 Å². The van der Waals surface area contributed by atoms with E-state index in [2.05, 4.69) is 35.2 Å². The van der Waals surface area contributed by atoms with Gasteiger partial charge in [0.25, 0.3) is 0 Å². The number of aromatic nitrogens is 3. The number of aliphatic hydroxyl groups is 1. The van der Waals surface area contributed by atoms with Crippen LogP contribution in [-0.4, -0.2) is 53.9 Å². The number of nitrogens with one attached hydrogen (secondary N) is 4. The van der Waals surface area contributed by atoms with Gasteiger partial charge in [-0.25, -0.2) is 13.4 Å². The van der Waals surface area contributed by atoms with Gasteiger partial charge in [0, 0.05) is 30.7 Å². The highest BCUT2D eigenvalue weighted by Crippen LogP contribution is 2.30. The standard InChI is InChI=1S/C24H27N7O3S/c1-35(33,34)30-20-5-3-2-4-19(20)27-23-22-21(10-13-25-22)28-24(29-23)26-16-6-8-17(9-7-16)31-14-11-18(32)12-15-31/h2-10,13,18,25,30,32H,11-12,14-15H2,1H3,(H2,26,27,28,29). The molecule has 4 aromatic rings. The summed E-state index contributed by atoms with van der Waals surface area (Å²) in [6.45, 7) is 1.68. The monoisotopic (exact) mass is 493 g/mol. The first kappa shape index (κ1) is 22.9. The first-order valence-electron chi connectivity index (χ1n) is 11.3. The van der Waals surface area contributed by atoms with Crippen molar-refractivity contribution in [2.75, 3.05) is 39.6 Å². The molecule has 0 aliphatic carbocycles. The Morgan fingerprint density at radius 2 is 1.69 bits per heavy atom. The third kappa shape index (κ3) is 5.47. The SMILES string of the molecule is CS(=O)(=O)Nc1ccccc1Nc1nc(Nc2ccc(N3CCC(O)CC3)cc2)nc2cc[nH]c12. The van der Waals surface area contributed by atoms with Crippen molar-refractivity contribution in [2.24, 2.45) is 0 Å².